The van der Waals surface area contributed by atoms with E-state index in [0.717, 1.165) is 11.1 Å². The van der Waals surface area contributed by atoms with E-state index in [1.807, 2.05) is 31.2 Å². The zero-order chi connectivity index (χ0) is 26.8. The number of carbonyl (C=O) groups is 3. The fourth-order valence-corrected chi connectivity index (χ4v) is 4.76. The Bertz CT molecular complexity index is 1410. The summed E-state index contributed by atoms with van der Waals surface area (Å²) in [5.41, 5.74) is 3.98. The molecule has 2 N–H and O–H groups in total. The fraction of sp³-hybridized carbons (Fsp3) is 0.148. The van der Waals surface area contributed by atoms with Gasteiger partial charge in [-0.1, -0.05) is 47.7 Å². The van der Waals surface area contributed by atoms with Crippen LogP contribution >= 0.6 is 0 Å². The molecule has 0 fully saturated rings. The third-order valence-corrected chi connectivity index (χ3v) is 7.13. The maximum Gasteiger partial charge on any atom is 0.338 e. The Morgan fingerprint density at radius 2 is 1.54 bits per heavy atom. The SMILES string of the molecule is Cc1ccc(C#Cc2ccc(S(=O)(=O)N(CCOC(=O)c3ccccc3)[C@@H](C=O)C(=O)NO)cc2)cc1. The lowest BCUT2D eigenvalue weighted by molar-refractivity contribution is -0.136. The number of rotatable bonds is 9. The first-order chi connectivity index (χ1) is 17.8. The van der Waals surface area contributed by atoms with E-state index in [0.29, 0.717) is 9.87 Å². The van der Waals surface area contributed by atoms with E-state index in [2.05, 4.69) is 11.8 Å². The molecule has 1 amide bonds. The van der Waals surface area contributed by atoms with Gasteiger partial charge in [0.1, 0.15) is 12.9 Å². The smallest absolute Gasteiger partial charge is 0.338 e. The second-order valence-electron chi connectivity index (χ2n) is 7.82. The molecule has 0 heterocycles. The summed E-state index contributed by atoms with van der Waals surface area (Å²) in [6.45, 7) is 0.995. The Morgan fingerprint density at radius 1 is 0.973 bits per heavy atom. The number of aldehydes is 1. The Kier molecular flexibility index (Phi) is 9.29. The van der Waals surface area contributed by atoms with Crippen molar-refractivity contribution < 1.29 is 32.7 Å². The van der Waals surface area contributed by atoms with E-state index in [9.17, 15) is 22.8 Å². The lowest BCUT2D eigenvalue weighted by Crippen LogP contribution is -2.51. The van der Waals surface area contributed by atoms with Crippen LogP contribution in [0.25, 0.3) is 0 Å². The number of sulfonamides is 1. The summed E-state index contributed by atoms with van der Waals surface area (Å²) in [6.07, 6.45) is 0.0730. The van der Waals surface area contributed by atoms with Gasteiger partial charge in [0.05, 0.1) is 10.5 Å². The minimum atomic E-state index is -4.43. The summed E-state index contributed by atoms with van der Waals surface area (Å²) in [5, 5.41) is 9.01. The van der Waals surface area contributed by atoms with Gasteiger partial charge in [-0.25, -0.2) is 18.7 Å². The molecule has 0 spiro atoms. The highest BCUT2D eigenvalue weighted by Gasteiger charge is 2.36. The Labute approximate surface area is 214 Å². The summed E-state index contributed by atoms with van der Waals surface area (Å²) in [5.74, 6) is 3.97. The lowest BCUT2D eigenvalue weighted by atomic mass is 10.1. The van der Waals surface area contributed by atoms with Crippen molar-refractivity contribution in [3.8, 4) is 11.8 Å². The number of nitrogens with one attached hydrogen (secondary N) is 1. The van der Waals surface area contributed by atoms with Crippen LogP contribution in [0.5, 0.6) is 0 Å². The predicted octanol–water partition coefficient (Wildman–Crippen LogP) is 2.32. The molecule has 0 aliphatic carbocycles. The minimum absolute atomic E-state index is 0.0730. The average Bonchev–Trinajstić information content (AvgIpc) is 2.92. The molecule has 0 aromatic heterocycles. The summed E-state index contributed by atoms with van der Waals surface area (Å²) in [6, 6.07) is 19.3. The van der Waals surface area contributed by atoms with E-state index in [-0.39, 0.29) is 16.7 Å². The molecular weight excluding hydrogens is 496 g/mol. The van der Waals surface area contributed by atoms with Crippen molar-refractivity contribution in [1.82, 2.24) is 9.79 Å². The van der Waals surface area contributed by atoms with Gasteiger partial charge in [0.15, 0.2) is 6.04 Å². The molecule has 0 saturated carbocycles. The molecule has 3 aromatic rings. The third-order valence-electron chi connectivity index (χ3n) is 5.24. The van der Waals surface area contributed by atoms with Gasteiger partial charge >= 0.3 is 5.97 Å². The molecule has 0 saturated heterocycles. The molecule has 0 bridgehead atoms. The number of amides is 1. The van der Waals surface area contributed by atoms with Crippen LogP contribution in [0.1, 0.15) is 27.0 Å². The Hall–Kier alpha value is -4.30. The first-order valence-electron chi connectivity index (χ1n) is 11.1. The number of hydroxylamine groups is 1. The van der Waals surface area contributed by atoms with Gasteiger partial charge < -0.3 is 9.53 Å². The van der Waals surface area contributed by atoms with Gasteiger partial charge in [0.2, 0.25) is 10.0 Å². The monoisotopic (exact) mass is 520 g/mol. The van der Waals surface area contributed by atoms with Gasteiger partial charge in [0.25, 0.3) is 5.91 Å². The average molecular weight is 521 g/mol. The molecular formula is C27H24N2O7S. The van der Waals surface area contributed by atoms with Crippen LogP contribution in [0, 0.1) is 18.8 Å². The van der Waals surface area contributed by atoms with Crippen molar-refractivity contribution in [3.05, 3.63) is 101 Å². The summed E-state index contributed by atoms with van der Waals surface area (Å²) in [4.78, 5) is 35.7. The minimum Gasteiger partial charge on any atom is -0.461 e. The van der Waals surface area contributed by atoms with Gasteiger partial charge in [-0.15, -0.1) is 0 Å². The number of carbonyl (C=O) groups excluding carboxylic acids is 3. The Balaban J connectivity index is 1.81. The number of hydrogen-bond acceptors (Lipinski definition) is 7. The lowest BCUT2D eigenvalue weighted by Gasteiger charge is -2.25. The number of benzene rings is 3. The van der Waals surface area contributed by atoms with Crippen LogP contribution in [-0.4, -0.2) is 55.3 Å². The second-order valence-corrected chi connectivity index (χ2v) is 9.71. The van der Waals surface area contributed by atoms with E-state index in [1.165, 1.54) is 41.9 Å². The number of nitrogens with zero attached hydrogens (tertiary/aromatic N) is 1. The topological polar surface area (TPSA) is 130 Å². The number of aryl methyl sites for hydroxylation is 1. The van der Waals surface area contributed by atoms with Crippen LogP contribution in [0.4, 0.5) is 0 Å². The summed E-state index contributed by atoms with van der Waals surface area (Å²) < 4.78 is 32.4. The molecule has 190 valence electrons. The molecule has 0 unspecified atom stereocenters. The van der Waals surface area contributed by atoms with Crippen molar-refractivity contribution in [3.63, 3.8) is 0 Å². The highest BCUT2D eigenvalue weighted by atomic mass is 32.2. The van der Waals surface area contributed by atoms with Gasteiger partial charge in [0, 0.05) is 17.7 Å². The molecule has 0 radical (unpaired) electrons. The normalized spacial score (nSPS) is 11.6. The van der Waals surface area contributed by atoms with E-state index >= 15 is 0 Å². The first-order valence-corrected chi connectivity index (χ1v) is 12.5. The standard InChI is InChI=1S/C27H24N2O7S/c1-20-7-9-21(10-8-20)11-12-22-13-15-24(16-14-22)37(34,35)29(25(19-30)26(31)28-33)17-18-36-27(32)23-5-3-2-4-6-23/h2-10,13-16,19,25,33H,17-18H2,1H3,(H,28,31)/t25-/m0/s1. The first kappa shape index (κ1) is 27.3. The fourth-order valence-electron chi connectivity index (χ4n) is 3.25. The van der Waals surface area contributed by atoms with Gasteiger partial charge in [-0.05, 0) is 55.5 Å². The van der Waals surface area contributed by atoms with Crippen molar-refractivity contribution >= 4 is 28.2 Å². The molecule has 9 nitrogen and oxygen atoms in total. The molecule has 3 aromatic carbocycles. The number of ether oxygens (including phenoxy) is 1. The van der Waals surface area contributed by atoms with Crippen LogP contribution in [0.3, 0.4) is 0 Å². The highest BCUT2D eigenvalue weighted by Crippen LogP contribution is 2.19. The van der Waals surface area contributed by atoms with E-state index in [4.69, 9.17) is 9.94 Å². The van der Waals surface area contributed by atoms with Crippen LogP contribution in [-0.2, 0) is 24.3 Å². The van der Waals surface area contributed by atoms with Gasteiger partial charge in [-0.3, -0.25) is 10.0 Å². The summed E-state index contributed by atoms with van der Waals surface area (Å²) in [7, 11) is -4.43. The quantitative estimate of drug-likeness (QED) is 0.111. The van der Waals surface area contributed by atoms with Crippen LogP contribution in [0.15, 0.2) is 83.8 Å². The number of hydrogen-bond donors (Lipinski definition) is 2. The predicted molar refractivity (Wildman–Crippen MR) is 134 cm³/mol. The largest absolute Gasteiger partial charge is 0.461 e. The van der Waals surface area contributed by atoms with Crippen LogP contribution in [0.2, 0.25) is 0 Å². The summed E-state index contributed by atoms with van der Waals surface area (Å²) >= 11 is 0. The van der Waals surface area contributed by atoms with Crippen LogP contribution < -0.4 is 5.48 Å². The van der Waals surface area contributed by atoms with E-state index < -0.39 is 41.1 Å². The highest BCUT2D eigenvalue weighted by molar-refractivity contribution is 7.89. The van der Waals surface area contributed by atoms with Gasteiger partial charge in [-0.2, -0.15) is 4.31 Å². The zero-order valence-corrected chi connectivity index (χ0v) is 20.6. The molecule has 10 heteroatoms. The van der Waals surface area contributed by atoms with Crippen molar-refractivity contribution in [1.29, 1.82) is 0 Å². The number of esters is 1. The van der Waals surface area contributed by atoms with Crippen molar-refractivity contribution in [2.75, 3.05) is 13.2 Å². The Morgan fingerprint density at radius 3 is 2.08 bits per heavy atom. The van der Waals surface area contributed by atoms with Crippen molar-refractivity contribution in [2.45, 2.75) is 17.9 Å². The van der Waals surface area contributed by atoms with E-state index in [1.54, 1.807) is 18.2 Å². The molecule has 0 aliphatic heterocycles. The second kappa shape index (κ2) is 12.6. The molecule has 0 aliphatic rings. The molecule has 1 atom stereocenters. The molecule has 37 heavy (non-hydrogen) atoms. The zero-order valence-electron chi connectivity index (χ0n) is 19.8. The maximum absolute atomic E-state index is 13.4. The maximum atomic E-state index is 13.4. The molecule has 3 rings (SSSR count). The third kappa shape index (κ3) is 7.11. The van der Waals surface area contributed by atoms with Crippen molar-refractivity contribution in [2.24, 2.45) is 0 Å².